The van der Waals surface area contributed by atoms with Gasteiger partial charge in [-0.3, -0.25) is 9.69 Å². The maximum absolute atomic E-state index is 14.4. The molecular weight excluding hydrogens is 443 g/mol. The molecular formula is C26H26ClFN2O3. The minimum absolute atomic E-state index is 0.170. The Morgan fingerprint density at radius 2 is 1.85 bits per heavy atom. The lowest BCUT2D eigenvalue weighted by molar-refractivity contribution is 0.0925. The van der Waals surface area contributed by atoms with Gasteiger partial charge in [0.1, 0.15) is 5.82 Å². The number of benzene rings is 3. The molecule has 7 heteroatoms. The number of amides is 1. The largest absolute Gasteiger partial charge is 0.493 e. The van der Waals surface area contributed by atoms with E-state index in [1.807, 2.05) is 18.2 Å². The molecule has 0 radical (unpaired) electrons. The van der Waals surface area contributed by atoms with Crippen LogP contribution in [0.2, 0.25) is 5.02 Å². The van der Waals surface area contributed by atoms with Crippen LogP contribution in [0.1, 0.15) is 33.1 Å². The van der Waals surface area contributed by atoms with Gasteiger partial charge in [-0.2, -0.15) is 0 Å². The number of methoxy groups -OCH3 is 2. The Morgan fingerprint density at radius 1 is 1.09 bits per heavy atom. The van der Waals surface area contributed by atoms with E-state index in [2.05, 4.69) is 10.2 Å². The second-order valence-electron chi connectivity index (χ2n) is 7.95. The van der Waals surface area contributed by atoms with E-state index in [9.17, 15) is 9.18 Å². The second kappa shape index (κ2) is 10.2. The third-order valence-corrected chi connectivity index (χ3v) is 6.22. The number of ether oxygens (including phenoxy) is 2. The number of carbonyl (C=O) groups is 1. The van der Waals surface area contributed by atoms with Crippen LogP contribution in [0.25, 0.3) is 0 Å². The van der Waals surface area contributed by atoms with Crippen molar-refractivity contribution in [1.82, 2.24) is 10.2 Å². The molecule has 0 unspecified atom stereocenters. The van der Waals surface area contributed by atoms with Crippen LogP contribution in [0.15, 0.2) is 60.7 Å². The van der Waals surface area contributed by atoms with Gasteiger partial charge in [-0.1, -0.05) is 35.9 Å². The average molecular weight is 469 g/mol. The summed E-state index contributed by atoms with van der Waals surface area (Å²) in [5, 5.41) is 3.53. The molecule has 1 amide bonds. The Morgan fingerprint density at radius 3 is 2.58 bits per heavy atom. The van der Waals surface area contributed by atoms with Crippen molar-refractivity contribution in [3.63, 3.8) is 0 Å². The summed E-state index contributed by atoms with van der Waals surface area (Å²) in [6.07, 6.45) is 0.781. The molecule has 33 heavy (non-hydrogen) atoms. The highest BCUT2D eigenvalue weighted by atomic mass is 35.5. The number of halogens is 2. The monoisotopic (exact) mass is 468 g/mol. The summed E-state index contributed by atoms with van der Waals surface area (Å²) < 4.78 is 25.4. The average Bonchev–Trinajstić information content (AvgIpc) is 2.83. The summed E-state index contributed by atoms with van der Waals surface area (Å²) in [6.45, 7) is 1.50. The molecule has 4 rings (SSSR count). The Kier molecular flexibility index (Phi) is 7.16. The fraction of sp³-hybridized carbons (Fsp3) is 0.269. The second-order valence-corrected chi connectivity index (χ2v) is 8.39. The molecule has 172 valence electrons. The van der Waals surface area contributed by atoms with Crippen molar-refractivity contribution in [3.8, 4) is 11.5 Å². The van der Waals surface area contributed by atoms with E-state index < -0.39 is 0 Å². The molecule has 1 aliphatic rings. The van der Waals surface area contributed by atoms with E-state index in [4.69, 9.17) is 21.1 Å². The molecule has 3 aromatic rings. The number of nitrogens with zero attached hydrogens (tertiary/aromatic N) is 1. The van der Waals surface area contributed by atoms with Gasteiger partial charge in [0.15, 0.2) is 11.5 Å². The molecule has 0 saturated carbocycles. The first-order chi connectivity index (χ1) is 16.0. The van der Waals surface area contributed by atoms with E-state index in [1.165, 1.54) is 6.07 Å². The summed E-state index contributed by atoms with van der Waals surface area (Å²) in [6, 6.07) is 17.4. The fourth-order valence-corrected chi connectivity index (χ4v) is 4.47. The molecule has 3 aromatic carbocycles. The van der Waals surface area contributed by atoms with Gasteiger partial charge in [0.25, 0.3) is 5.91 Å². The third kappa shape index (κ3) is 5.13. The van der Waals surface area contributed by atoms with Crippen LogP contribution < -0.4 is 14.8 Å². The molecule has 1 heterocycles. The van der Waals surface area contributed by atoms with Crippen LogP contribution in [0.5, 0.6) is 11.5 Å². The maximum Gasteiger partial charge on any atom is 0.251 e. The summed E-state index contributed by atoms with van der Waals surface area (Å²) in [4.78, 5) is 15.0. The standard InChI is InChI=1S/C26H26ClFN2O3/c1-32-24-13-17-10-11-30(16-19-6-3-4-9-22(19)28)23(21(17)14-25(24)33-2)15-29-26(31)18-7-5-8-20(27)12-18/h3-9,12-14,23H,10-11,15-16H2,1-2H3,(H,29,31)/t23-/m1/s1. The highest BCUT2D eigenvalue weighted by Crippen LogP contribution is 2.38. The molecule has 0 aromatic heterocycles. The number of rotatable bonds is 7. The minimum Gasteiger partial charge on any atom is -0.493 e. The van der Waals surface area contributed by atoms with E-state index in [0.29, 0.717) is 47.3 Å². The van der Waals surface area contributed by atoms with Crippen LogP contribution in [-0.4, -0.2) is 38.1 Å². The van der Waals surface area contributed by atoms with Gasteiger partial charge in [-0.15, -0.1) is 0 Å². The third-order valence-electron chi connectivity index (χ3n) is 5.99. The number of hydrogen-bond donors (Lipinski definition) is 1. The normalized spacial score (nSPS) is 15.6. The fourth-order valence-electron chi connectivity index (χ4n) is 4.27. The van der Waals surface area contributed by atoms with Crippen LogP contribution >= 0.6 is 11.6 Å². The predicted molar refractivity (Wildman–Crippen MR) is 127 cm³/mol. The van der Waals surface area contributed by atoms with Crippen molar-refractivity contribution < 1.29 is 18.7 Å². The van der Waals surface area contributed by atoms with E-state index >= 15 is 0 Å². The first-order valence-corrected chi connectivity index (χ1v) is 11.1. The Balaban J connectivity index is 1.64. The predicted octanol–water partition coefficient (Wildman–Crippen LogP) is 5.03. The summed E-state index contributed by atoms with van der Waals surface area (Å²) in [5.41, 5.74) is 3.26. The van der Waals surface area contributed by atoms with Gasteiger partial charge in [-0.25, -0.2) is 4.39 Å². The zero-order valence-electron chi connectivity index (χ0n) is 18.6. The summed E-state index contributed by atoms with van der Waals surface area (Å²) in [5.74, 6) is 0.837. The van der Waals surface area contributed by atoms with Crippen LogP contribution in [0, 0.1) is 5.82 Å². The van der Waals surface area contributed by atoms with Crippen molar-refractivity contribution in [1.29, 1.82) is 0 Å². The molecule has 1 N–H and O–H groups in total. The molecule has 5 nitrogen and oxygen atoms in total. The SMILES string of the molecule is COc1cc2c(cc1OC)[C@@H](CNC(=O)c1cccc(Cl)c1)N(Cc1ccccc1F)CC2. The number of hydrogen-bond acceptors (Lipinski definition) is 4. The highest BCUT2D eigenvalue weighted by molar-refractivity contribution is 6.30. The Labute approximate surface area is 198 Å². The highest BCUT2D eigenvalue weighted by Gasteiger charge is 2.30. The zero-order chi connectivity index (χ0) is 23.4. The van der Waals surface area contributed by atoms with Gasteiger partial charge >= 0.3 is 0 Å². The van der Waals surface area contributed by atoms with Gasteiger partial charge in [0.05, 0.1) is 20.3 Å². The first-order valence-electron chi connectivity index (χ1n) is 10.8. The van der Waals surface area contributed by atoms with Crippen molar-refractivity contribution in [2.75, 3.05) is 27.3 Å². The van der Waals surface area contributed by atoms with Crippen LogP contribution in [0.3, 0.4) is 0 Å². The van der Waals surface area contributed by atoms with Crippen molar-refractivity contribution in [2.24, 2.45) is 0 Å². The minimum atomic E-state index is -0.239. The summed E-state index contributed by atoms with van der Waals surface area (Å²) >= 11 is 6.05. The molecule has 0 spiro atoms. The molecule has 0 fully saturated rings. The van der Waals surface area contributed by atoms with Crippen LogP contribution in [0.4, 0.5) is 4.39 Å². The summed E-state index contributed by atoms with van der Waals surface area (Å²) in [7, 11) is 3.21. The number of carbonyl (C=O) groups excluding carboxylic acids is 1. The zero-order valence-corrected chi connectivity index (χ0v) is 19.4. The smallest absolute Gasteiger partial charge is 0.251 e. The lowest BCUT2D eigenvalue weighted by Crippen LogP contribution is -2.42. The van der Waals surface area contributed by atoms with Crippen molar-refractivity contribution in [2.45, 2.75) is 19.0 Å². The maximum atomic E-state index is 14.4. The molecule has 1 aliphatic heterocycles. The molecule has 0 bridgehead atoms. The van der Waals surface area contributed by atoms with Crippen molar-refractivity contribution >= 4 is 17.5 Å². The molecule has 0 saturated heterocycles. The van der Waals surface area contributed by atoms with Gasteiger partial charge in [0.2, 0.25) is 0 Å². The van der Waals surface area contributed by atoms with E-state index in [-0.39, 0.29) is 17.8 Å². The van der Waals surface area contributed by atoms with Gasteiger partial charge in [-0.05, 0) is 53.9 Å². The topological polar surface area (TPSA) is 50.8 Å². The Hall–Kier alpha value is -3.09. The first kappa shape index (κ1) is 23.1. The molecule has 0 aliphatic carbocycles. The number of nitrogens with one attached hydrogen (secondary N) is 1. The van der Waals surface area contributed by atoms with Crippen molar-refractivity contribution in [3.05, 3.63) is 93.8 Å². The van der Waals surface area contributed by atoms with Gasteiger partial charge < -0.3 is 14.8 Å². The number of fused-ring (bicyclic) bond motifs is 1. The van der Waals surface area contributed by atoms with E-state index in [1.54, 1.807) is 50.6 Å². The van der Waals surface area contributed by atoms with Gasteiger partial charge in [0, 0.05) is 35.8 Å². The quantitative estimate of drug-likeness (QED) is 0.528. The lowest BCUT2D eigenvalue weighted by Gasteiger charge is -2.38. The Bertz CT molecular complexity index is 1150. The van der Waals surface area contributed by atoms with E-state index in [0.717, 1.165) is 17.5 Å². The molecule has 1 atom stereocenters. The lowest BCUT2D eigenvalue weighted by atomic mass is 9.91. The van der Waals surface area contributed by atoms with Crippen LogP contribution in [-0.2, 0) is 13.0 Å².